The summed E-state index contributed by atoms with van der Waals surface area (Å²) in [6.45, 7) is 6.49. The molecule has 1 fully saturated rings. The van der Waals surface area contributed by atoms with Crippen LogP contribution >= 0.6 is 11.8 Å². The van der Waals surface area contributed by atoms with Gasteiger partial charge in [0.15, 0.2) is 11.4 Å². The molecule has 1 rings (SSSR count). The van der Waals surface area contributed by atoms with E-state index >= 15 is 0 Å². The lowest BCUT2D eigenvalue weighted by molar-refractivity contribution is 0.344. The van der Waals surface area contributed by atoms with Crippen molar-refractivity contribution in [1.29, 1.82) is 5.26 Å². The summed E-state index contributed by atoms with van der Waals surface area (Å²) in [5, 5.41) is 11.8. The van der Waals surface area contributed by atoms with E-state index in [9.17, 15) is 0 Å². The van der Waals surface area contributed by atoms with Crippen molar-refractivity contribution < 1.29 is 0 Å². The number of nitrogens with zero attached hydrogens (tertiary/aromatic N) is 3. The van der Waals surface area contributed by atoms with E-state index in [1.807, 2.05) is 12.4 Å². The van der Waals surface area contributed by atoms with Crippen molar-refractivity contribution in [2.45, 2.75) is 13.3 Å². The zero-order valence-corrected chi connectivity index (χ0v) is 10.2. The molecular weight excluding hydrogens is 208 g/mol. The van der Waals surface area contributed by atoms with E-state index in [1.54, 1.807) is 0 Å². The number of thioether (sulfide) groups is 1. The molecule has 1 heterocycles. The Morgan fingerprint density at radius 1 is 1.73 bits per heavy atom. The van der Waals surface area contributed by atoms with E-state index in [0.29, 0.717) is 5.92 Å². The highest BCUT2D eigenvalue weighted by molar-refractivity contribution is 8.13. The molecule has 5 heteroatoms. The molecule has 1 unspecified atom stereocenters. The SMILES string of the molecule is CCN1CCC(CN=C(NC#N)SC)C1. The Labute approximate surface area is 95.7 Å². The van der Waals surface area contributed by atoms with Crippen LogP contribution in [0.25, 0.3) is 0 Å². The van der Waals surface area contributed by atoms with E-state index in [1.165, 1.54) is 24.7 Å². The lowest BCUT2D eigenvalue weighted by Crippen LogP contribution is -2.21. The van der Waals surface area contributed by atoms with Gasteiger partial charge in [-0.3, -0.25) is 10.3 Å². The fourth-order valence-electron chi connectivity index (χ4n) is 1.76. The van der Waals surface area contributed by atoms with Gasteiger partial charge in [-0.25, -0.2) is 0 Å². The summed E-state index contributed by atoms with van der Waals surface area (Å²) in [5.41, 5.74) is 0. The molecule has 1 aliphatic rings. The zero-order chi connectivity index (χ0) is 11.1. The van der Waals surface area contributed by atoms with Gasteiger partial charge in [-0.1, -0.05) is 18.7 Å². The van der Waals surface area contributed by atoms with Crippen molar-refractivity contribution in [3.8, 4) is 6.19 Å². The molecule has 0 bridgehead atoms. The maximum absolute atomic E-state index is 8.48. The predicted molar refractivity (Wildman–Crippen MR) is 64.8 cm³/mol. The van der Waals surface area contributed by atoms with E-state index in [2.05, 4.69) is 22.1 Å². The van der Waals surface area contributed by atoms with Crippen molar-refractivity contribution in [1.82, 2.24) is 10.2 Å². The van der Waals surface area contributed by atoms with Gasteiger partial charge < -0.3 is 4.90 Å². The first kappa shape index (κ1) is 12.3. The Bertz CT molecular complexity index is 259. The van der Waals surface area contributed by atoms with Gasteiger partial charge in [-0.2, -0.15) is 5.26 Å². The third kappa shape index (κ3) is 4.10. The molecule has 1 saturated heterocycles. The highest BCUT2D eigenvalue weighted by Crippen LogP contribution is 2.16. The highest BCUT2D eigenvalue weighted by Gasteiger charge is 2.20. The van der Waals surface area contributed by atoms with Gasteiger partial charge in [0.25, 0.3) is 0 Å². The fraction of sp³-hybridized carbons (Fsp3) is 0.800. The van der Waals surface area contributed by atoms with Gasteiger partial charge in [0.1, 0.15) is 0 Å². The van der Waals surface area contributed by atoms with Gasteiger partial charge in [-0.05, 0) is 31.7 Å². The van der Waals surface area contributed by atoms with Crippen LogP contribution in [0.2, 0.25) is 0 Å². The van der Waals surface area contributed by atoms with E-state index < -0.39 is 0 Å². The highest BCUT2D eigenvalue weighted by atomic mass is 32.2. The number of aliphatic imine (C=N–C) groups is 1. The molecule has 1 N–H and O–H groups in total. The third-order valence-electron chi connectivity index (χ3n) is 2.67. The molecule has 0 spiro atoms. The summed E-state index contributed by atoms with van der Waals surface area (Å²) < 4.78 is 0. The number of nitriles is 1. The molecular formula is C10H18N4S. The maximum Gasteiger partial charge on any atom is 0.183 e. The predicted octanol–water partition coefficient (Wildman–Crippen LogP) is 1.12. The Kier molecular flexibility index (Phi) is 5.51. The van der Waals surface area contributed by atoms with E-state index in [0.717, 1.165) is 24.8 Å². The van der Waals surface area contributed by atoms with Gasteiger partial charge in [0.2, 0.25) is 0 Å². The Morgan fingerprint density at radius 3 is 3.07 bits per heavy atom. The van der Waals surface area contributed by atoms with Crippen molar-refractivity contribution in [3.05, 3.63) is 0 Å². The molecule has 0 saturated carbocycles. The molecule has 84 valence electrons. The molecule has 1 atom stereocenters. The van der Waals surface area contributed by atoms with Gasteiger partial charge in [0.05, 0.1) is 0 Å². The molecule has 4 nitrogen and oxygen atoms in total. The first-order valence-electron chi connectivity index (χ1n) is 5.26. The minimum Gasteiger partial charge on any atom is -0.303 e. The molecule has 1 aliphatic heterocycles. The number of amidine groups is 1. The van der Waals surface area contributed by atoms with Crippen LogP contribution in [0.1, 0.15) is 13.3 Å². The van der Waals surface area contributed by atoms with Crippen molar-refractivity contribution in [2.75, 3.05) is 32.4 Å². The topological polar surface area (TPSA) is 51.4 Å². The summed E-state index contributed by atoms with van der Waals surface area (Å²) in [6, 6.07) is 0. The molecule has 0 aromatic heterocycles. The largest absolute Gasteiger partial charge is 0.303 e. The first-order valence-corrected chi connectivity index (χ1v) is 6.48. The average molecular weight is 226 g/mol. The van der Waals surface area contributed by atoms with E-state index in [-0.39, 0.29) is 0 Å². The van der Waals surface area contributed by atoms with Crippen LogP contribution < -0.4 is 5.32 Å². The normalized spacial score (nSPS) is 22.7. The lowest BCUT2D eigenvalue weighted by atomic mass is 10.1. The molecule has 0 aromatic carbocycles. The average Bonchev–Trinajstić information content (AvgIpc) is 2.72. The number of likely N-dealkylation sites (tertiary alicyclic amines) is 1. The maximum atomic E-state index is 8.48. The molecule has 0 amide bonds. The van der Waals surface area contributed by atoms with Crippen LogP contribution in [-0.2, 0) is 0 Å². The van der Waals surface area contributed by atoms with Crippen LogP contribution in [0, 0.1) is 17.4 Å². The number of hydrogen-bond donors (Lipinski definition) is 1. The molecule has 15 heavy (non-hydrogen) atoms. The zero-order valence-electron chi connectivity index (χ0n) is 9.36. The minimum absolute atomic E-state index is 0.660. The lowest BCUT2D eigenvalue weighted by Gasteiger charge is -2.11. The van der Waals surface area contributed by atoms with Crippen LogP contribution in [0.15, 0.2) is 4.99 Å². The molecule has 0 aliphatic carbocycles. The Balaban J connectivity index is 2.33. The van der Waals surface area contributed by atoms with Crippen LogP contribution in [0.3, 0.4) is 0 Å². The Hall–Kier alpha value is -0.730. The number of nitrogens with one attached hydrogen (secondary N) is 1. The molecule has 0 radical (unpaired) electrons. The van der Waals surface area contributed by atoms with Crippen LogP contribution in [-0.4, -0.2) is 42.5 Å². The summed E-state index contributed by atoms with van der Waals surface area (Å²) in [6.07, 6.45) is 5.06. The van der Waals surface area contributed by atoms with Crippen LogP contribution in [0.4, 0.5) is 0 Å². The first-order chi connectivity index (χ1) is 7.30. The third-order valence-corrected chi connectivity index (χ3v) is 3.28. The summed E-state index contributed by atoms with van der Waals surface area (Å²) in [4.78, 5) is 6.84. The second-order valence-electron chi connectivity index (χ2n) is 3.63. The monoisotopic (exact) mass is 226 g/mol. The second kappa shape index (κ2) is 6.70. The quantitative estimate of drug-likeness (QED) is 0.339. The minimum atomic E-state index is 0.660. The summed E-state index contributed by atoms with van der Waals surface area (Å²) >= 11 is 1.49. The van der Waals surface area contributed by atoms with Crippen molar-refractivity contribution in [2.24, 2.45) is 10.9 Å². The summed E-state index contributed by atoms with van der Waals surface area (Å²) in [7, 11) is 0. The second-order valence-corrected chi connectivity index (χ2v) is 4.43. The number of hydrogen-bond acceptors (Lipinski definition) is 4. The van der Waals surface area contributed by atoms with Crippen molar-refractivity contribution in [3.63, 3.8) is 0 Å². The van der Waals surface area contributed by atoms with Crippen molar-refractivity contribution >= 4 is 16.9 Å². The van der Waals surface area contributed by atoms with Crippen LogP contribution in [0.5, 0.6) is 0 Å². The Morgan fingerprint density at radius 2 is 2.53 bits per heavy atom. The standard InChI is InChI=1S/C10H18N4S/c1-3-14-5-4-9(7-14)6-12-10(15-2)13-8-11/h9H,3-7H2,1-2H3,(H,12,13). The molecule has 0 aromatic rings. The smallest absolute Gasteiger partial charge is 0.183 e. The summed E-state index contributed by atoms with van der Waals surface area (Å²) in [5.74, 6) is 0.660. The van der Waals surface area contributed by atoms with Gasteiger partial charge in [-0.15, -0.1) is 0 Å². The van der Waals surface area contributed by atoms with E-state index in [4.69, 9.17) is 5.26 Å². The number of rotatable bonds is 3. The van der Waals surface area contributed by atoms with Gasteiger partial charge >= 0.3 is 0 Å². The van der Waals surface area contributed by atoms with Gasteiger partial charge in [0, 0.05) is 13.1 Å². The fourth-order valence-corrected chi connectivity index (χ4v) is 2.12.